The highest BCUT2D eigenvalue weighted by Crippen LogP contribution is 2.34. The number of hydrogen-bond donors (Lipinski definition) is 1. The van der Waals surface area contributed by atoms with E-state index >= 15 is 0 Å². The molecule has 3 aliphatic heterocycles. The number of piperidine rings is 3. The van der Waals surface area contributed by atoms with Crippen molar-refractivity contribution in [1.82, 2.24) is 10.2 Å². The van der Waals surface area contributed by atoms with E-state index in [1.54, 1.807) is 0 Å². The van der Waals surface area contributed by atoms with Gasteiger partial charge in [-0.2, -0.15) is 0 Å². The molecule has 0 spiro atoms. The van der Waals surface area contributed by atoms with Crippen molar-refractivity contribution in [2.75, 3.05) is 26.2 Å². The third-order valence-electron chi connectivity index (χ3n) is 4.18. The molecule has 13 heavy (non-hydrogen) atoms. The van der Waals surface area contributed by atoms with Crippen molar-refractivity contribution in [2.45, 2.75) is 31.7 Å². The quantitative estimate of drug-likeness (QED) is 0.600. The van der Waals surface area contributed by atoms with Gasteiger partial charge in [-0.05, 0) is 50.7 Å². The molecule has 3 fully saturated rings. The second-order valence-electron chi connectivity index (χ2n) is 5.08. The Labute approximate surface area is 80.7 Å². The summed E-state index contributed by atoms with van der Waals surface area (Å²) in [5.41, 5.74) is 0. The number of nitrogens with zero attached hydrogens (tertiary/aromatic N) is 1. The van der Waals surface area contributed by atoms with E-state index in [4.69, 9.17) is 0 Å². The average Bonchev–Trinajstić information content (AvgIpc) is 2.18. The fourth-order valence-corrected chi connectivity index (χ4v) is 3.61. The van der Waals surface area contributed by atoms with Crippen LogP contribution in [0.2, 0.25) is 0 Å². The van der Waals surface area contributed by atoms with Crippen LogP contribution in [-0.2, 0) is 0 Å². The van der Waals surface area contributed by atoms with Gasteiger partial charge in [0.1, 0.15) is 0 Å². The summed E-state index contributed by atoms with van der Waals surface area (Å²) in [6.07, 6.45) is 5.90. The first-order valence-corrected chi connectivity index (χ1v) is 5.88. The van der Waals surface area contributed by atoms with Gasteiger partial charge in [-0.3, -0.25) is 4.90 Å². The zero-order valence-electron chi connectivity index (χ0n) is 8.34. The van der Waals surface area contributed by atoms with Gasteiger partial charge >= 0.3 is 0 Å². The van der Waals surface area contributed by atoms with Crippen LogP contribution < -0.4 is 5.32 Å². The van der Waals surface area contributed by atoms with E-state index in [1.165, 1.54) is 51.9 Å². The monoisotopic (exact) mass is 180 g/mol. The smallest absolute Gasteiger partial charge is 0.0136 e. The summed E-state index contributed by atoms with van der Waals surface area (Å²) in [6, 6.07) is 0.942. The van der Waals surface area contributed by atoms with Gasteiger partial charge in [-0.15, -0.1) is 0 Å². The third kappa shape index (κ3) is 1.40. The van der Waals surface area contributed by atoms with Gasteiger partial charge in [-0.25, -0.2) is 0 Å². The third-order valence-corrected chi connectivity index (χ3v) is 4.18. The predicted molar refractivity (Wildman–Crippen MR) is 53.7 cm³/mol. The molecule has 0 aromatic carbocycles. The molecule has 3 rings (SSSR count). The van der Waals surface area contributed by atoms with E-state index in [0.717, 1.165) is 17.9 Å². The fourth-order valence-electron chi connectivity index (χ4n) is 3.61. The molecule has 0 saturated carbocycles. The van der Waals surface area contributed by atoms with Gasteiger partial charge in [0.05, 0.1) is 0 Å². The Morgan fingerprint density at radius 3 is 3.15 bits per heavy atom. The fraction of sp³-hybridized carbons (Fsp3) is 1.00. The van der Waals surface area contributed by atoms with Crippen molar-refractivity contribution >= 4 is 0 Å². The number of hydrogen-bond acceptors (Lipinski definition) is 2. The first-order chi connectivity index (χ1) is 6.43. The summed E-state index contributed by atoms with van der Waals surface area (Å²) in [6.45, 7) is 5.34. The highest BCUT2D eigenvalue weighted by Gasteiger charge is 2.38. The molecular weight excluding hydrogens is 160 g/mol. The minimum absolute atomic E-state index is 0.942. The maximum absolute atomic E-state index is 3.59. The Bertz CT molecular complexity index is 189. The highest BCUT2D eigenvalue weighted by molar-refractivity contribution is 4.94. The Balaban J connectivity index is 1.77. The Morgan fingerprint density at radius 2 is 2.15 bits per heavy atom. The number of nitrogens with one attached hydrogen (secondary N) is 1. The van der Waals surface area contributed by atoms with Crippen LogP contribution >= 0.6 is 0 Å². The summed E-state index contributed by atoms with van der Waals surface area (Å²) in [7, 11) is 0. The summed E-state index contributed by atoms with van der Waals surface area (Å²) in [4.78, 5) is 2.78. The van der Waals surface area contributed by atoms with Crippen LogP contribution in [-0.4, -0.2) is 37.1 Å². The number of rotatable bonds is 0. The van der Waals surface area contributed by atoms with Gasteiger partial charge in [0.2, 0.25) is 0 Å². The van der Waals surface area contributed by atoms with Crippen molar-refractivity contribution in [1.29, 1.82) is 0 Å². The van der Waals surface area contributed by atoms with Crippen LogP contribution in [0.4, 0.5) is 0 Å². The van der Waals surface area contributed by atoms with Gasteiger partial charge in [0.25, 0.3) is 0 Å². The van der Waals surface area contributed by atoms with Gasteiger partial charge in [0.15, 0.2) is 0 Å². The largest absolute Gasteiger partial charge is 0.316 e. The van der Waals surface area contributed by atoms with Crippen LogP contribution in [0.1, 0.15) is 25.7 Å². The Kier molecular flexibility index (Phi) is 2.06. The Morgan fingerprint density at radius 1 is 1.15 bits per heavy atom. The second-order valence-corrected chi connectivity index (χ2v) is 5.08. The summed E-state index contributed by atoms with van der Waals surface area (Å²) in [5.74, 6) is 1.95. The molecule has 0 radical (unpaired) electrons. The van der Waals surface area contributed by atoms with Gasteiger partial charge < -0.3 is 5.32 Å². The van der Waals surface area contributed by atoms with Crippen molar-refractivity contribution in [3.8, 4) is 0 Å². The topological polar surface area (TPSA) is 15.3 Å². The molecule has 0 aromatic heterocycles. The van der Waals surface area contributed by atoms with E-state index < -0.39 is 0 Å². The predicted octanol–water partition coefficient (Wildman–Crippen LogP) is 1.08. The van der Waals surface area contributed by atoms with Crippen molar-refractivity contribution in [2.24, 2.45) is 11.8 Å². The molecule has 0 aromatic rings. The van der Waals surface area contributed by atoms with Crippen LogP contribution in [0, 0.1) is 11.8 Å². The Hall–Kier alpha value is -0.0800. The number of fused-ring (bicyclic) bond motifs is 4. The van der Waals surface area contributed by atoms with Crippen LogP contribution in [0.15, 0.2) is 0 Å². The second kappa shape index (κ2) is 3.25. The molecule has 3 heterocycles. The molecule has 3 atom stereocenters. The molecule has 1 N–H and O–H groups in total. The summed E-state index contributed by atoms with van der Waals surface area (Å²) < 4.78 is 0. The molecule has 3 saturated heterocycles. The van der Waals surface area contributed by atoms with Gasteiger partial charge in [0, 0.05) is 12.6 Å². The van der Waals surface area contributed by atoms with Gasteiger partial charge in [-0.1, -0.05) is 6.42 Å². The summed E-state index contributed by atoms with van der Waals surface area (Å²) in [5, 5.41) is 3.59. The normalized spacial score (nSPS) is 45.7. The van der Waals surface area contributed by atoms with Crippen molar-refractivity contribution in [3.63, 3.8) is 0 Å². The van der Waals surface area contributed by atoms with Crippen LogP contribution in [0.3, 0.4) is 0 Å². The van der Waals surface area contributed by atoms with E-state index in [0.29, 0.717) is 0 Å². The molecule has 2 unspecified atom stereocenters. The molecule has 0 amide bonds. The zero-order chi connectivity index (χ0) is 8.67. The lowest BCUT2D eigenvalue weighted by Crippen LogP contribution is -2.58. The van der Waals surface area contributed by atoms with Crippen LogP contribution in [0.25, 0.3) is 0 Å². The molecule has 2 nitrogen and oxygen atoms in total. The minimum atomic E-state index is 0.942. The zero-order valence-corrected chi connectivity index (χ0v) is 8.34. The first-order valence-electron chi connectivity index (χ1n) is 5.88. The molecule has 74 valence electrons. The SMILES string of the molecule is C1CCN2CC3CNCC(C3)[C@@H]2C1. The van der Waals surface area contributed by atoms with E-state index in [9.17, 15) is 0 Å². The molecule has 2 heteroatoms. The average molecular weight is 180 g/mol. The van der Waals surface area contributed by atoms with E-state index in [1.807, 2.05) is 0 Å². The lowest BCUT2D eigenvalue weighted by molar-refractivity contribution is 0.0109. The maximum Gasteiger partial charge on any atom is 0.0136 e. The summed E-state index contributed by atoms with van der Waals surface area (Å²) >= 11 is 0. The molecule has 3 aliphatic rings. The van der Waals surface area contributed by atoms with Crippen LogP contribution in [0.5, 0.6) is 0 Å². The van der Waals surface area contributed by atoms with E-state index in [-0.39, 0.29) is 0 Å². The lowest BCUT2D eigenvalue weighted by atomic mass is 9.77. The molecule has 0 aliphatic carbocycles. The molecule has 2 bridgehead atoms. The highest BCUT2D eigenvalue weighted by atomic mass is 15.2. The van der Waals surface area contributed by atoms with E-state index in [2.05, 4.69) is 10.2 Å². The van der Waals surface area contributed by atoms with Crippen molar-refractivity contribution < 1.29 is 0 Å². The minimum Gasteiger partial charge on any atom is -0.316 e. The lowest BCUT2D eigenvalue weighted by Gasteiger charge is -2.50. The molecular formula is C11H20N2. The van der Waals surface area contributed by atoms with Crippen molar-refractivity contribution in [3.05, 3.63) is 0 Å². The standard InChI is InChI=1S/C11H20N2/c1-2-4-13-8-9-5-10(7-12-6-9)11(13)3-1/h9-12H,1-8H2/t9?,10?,11-/m0/s1. The first kappa shape index (κ1) is 8.25. The maximum atomic E-state index is 3.59.